The van der Waals surface area contributed by atoms with Gasteiger partial charge in [0.25, 0.3) is 0 Å². The van der Waals surface area contributed by atoms with E-state index in [0.29, 0.717) is 0 Å². The Morgan fingerprint density at radius 1 is 1.12 bits per heavy atom. The fourth-order valence-corrected chi connectivity index (χ4v) is 2.01. The zero-order valence-electron chi connectivity index (χ0n) is 8.46. The van der Waals surface area contributed by atoms with Gasteiger partial charge in [0.1, 0.15) is 0 Å². The number of thiophene rings is 1. The summed E-state index contributed by atoms with van der Waals surface area (Å²) in [6, 6.07) is 12.2. The quantitative estimate of drug-likeness (QED) is 0.645. The fourth-order valence-electron chi connectivity index (χ4n) is 1.22. The van der Waals surface area contributed by atoms with E-state index in [-0.39, 0.29) is 5.69 Å². The van der Waals surface area contributed by atoms with Crippen molar-refractivity contribution in [2.24, 2.45) is 0 Å². The van der Waals surface area contributed by atoms with Crippen molar-refractivity contribution in [3.8, 4) is 0 Å². The number of rotatable bonds is 0. The van der Waals surface area contributed by atoms with Gasteiger partial charge in [0, 0.05) is 17.1 Å². The molecule has 0 unspecified atom stereocenters. The first-order valence-corrected chi connectivity index (χ1v) is 5.66. The molecule has 0 aliphatic rings. The normalized spacial score (nSPS) is 9.50. The molecule has 0 saturated heterocycles. The van der Waals surface area contributed by atoms with Crippen LogP contribution >= 0.6 is 11.3 Å². The Balaban J connectivity index is 0.000000125. The minimum Gasteiger partial charge on any atom is -0.313 e. The zero-order chi connectivity index (χ0) is 11.2. The van der Waals surface area contributed by atoms with Gasteiger partial charge in [-0.2, -0.15) is 0 Å². The number of hydrogen-bond acceptors (Lipinski definition) is 3. The van der Waals surface area contributed by atoms with Gasteiger partial charge >= 0.3 is 5.69 Å². The van der Waals surface area contributed by atoms with Gasteiger partial charge in [0.15, 0.2) is 0 Å². The second-order valence-corrected chi connectivity index (χ2v) is 3.99. The van der Waals surface area contributed by atoms with Gasteiger partial charge in [-0.15, -0.1) is 11.3 Å². The number of fused-ring (bicyclic) bond motifs is 1. The lowest BCUT2D eigenvalue weighted by molar-refractivity contribution is 1.08. The highest BCUT2D eigenvalue weighted by Crippen LogP contribution is 2.18. The van der Waals surface area contributed by atoms with Crippen LogP contribution in [0.4, 0.5) is 0 Å². The van der Waals surface area contributed by atoms with Crippen LogP contribution in [0.1, 0.15) is 0 Å². The Hall–Kier alpha value is -1.94. The Bertz CT molecular complexity index is 567. The maximum atomic E-state index is 10.1. The van der Waals surface area contributed by atoms with Crippen LogP contribution in [0.2, 0.25) is 0 Å². The lowest BCUT2D eigenvalue weighted by Gasteiger charge is -1.82. The highest BCUT2D eigenvalue weighted by Gasteiger charge is 1.87. The third kappa shape index (κ3) is 2.77. The molecule has 3 nitrogen and oxygen atoms in total. The summed E-state index contributed by atoms with van der Waals surface area (Å²) < 4.78 is 1.37. The number of aromatic amines is 1. The molecule has 3 rings (SSSR count). The van der Waals surface area contributed by atoms with E-state index in [4.69, 9.17) is 0 Å². The average molecular weight is 230 g/mol. The molecule has 4 heteroatoms. The van der Waals surface area contributed by atoms with E-state index in [2.05, 4.69) is 45.7 Å². The highest BCUT2D eigenvalue weighted by molar-refractivity contribution is 7.17. The Labute approximate surface area is 96.4 Å². The molecule has 2 heterocycles. The summed E-state index contributed by atoms with van der Waals surface area (Å²) in [4.78, 5) is 15.8. The monoisotopic (exact) mass is 230 g/mol. The van der Waals surface area contributed by atoms with Gasteiger partial charge in [0.05, 0.1) is 0 Å². The van der Waals surface area contributed by atoms with Gasteiger partial charge in [-0.1, -0.05) is 18.2 Å². The molecule has 3 aromatic rings. The number of nitrogens with zero attached hydrogens (tertiary/aromatic N) is 1. The molecule has 0 amide bonds. The van der Waals surface area contributed by atoms with Gasteiger partial charge in [-0.25, -0.2) is 9.78 Å². The van der Waals surface area contributed by atoms with Crippen molar-refractivity contribution >= 4 is 21.4 Å². The zero-order valence-corrected chi connectivity index (χ0v) is 9.28. The van der Waals surface area contributed by atoms with Crippen LogP contribution in [0, 0.1) is 0 Å². The van der Waals surface area contributed by atoms with Crippen molar-refractivity contribution < 1.29 is 0 Å². The summed E-state index contributed by atoms with van der Waals surface area (Å²) in [6.07, 6.45) is 2.98. The molecule has 0 aliphatic carbocycles. The number of nitrogens with one attached hydrogen (secondary N) is 1. The predicted molar refractivity (Wildman–Crippen MR) is 66.7 cm³/mol. The first-order chi connectivity index (χ1) is 7.86. The van der Waals surface area contributed by atoms with E-state index in [0.717, 1.165) is 0 Å². The third-order valence-electron chi connectivity index (χ3n) is 1.94. The molecule has 0 spiro atoms. The van der Waals surface area contributed by atoms with Crippen LogP contribution in [-0.4, -0.2) is 9.97 Å². The maximum Gasteiger partial charge on any atom is 0.344 e. The smallest absolute Gasteiger partial charge is 0.313 e. The van der Waals surface area contributed by atoms with Gasteiger partial charge in [0.2, 0.25) is 0 Å². The lowest BCUT2D eigenvalue weighted by atomic mass is 10.3. The molecule has 1 aromatic carbocycles. The molecule has 1 N–H and O–H groups in total. The van der Waals surface area contributed by atoms with E-state index < -0.39 is 0 Å². The average Bonchev–Trinajstić information content (AvgIpc) is 2.79. The minimum atomic E-state index is -0.303. The Morgan fingerprint density at radius 2 is 2.00 bits per heavy atom. The maximum absolute atomic E-state index is 10.1. The third-order valence-corrected chi connectivity index (χ3v) is 2.84. The van der Waals surface area contributed by atoms with Crippen LogP contribution in [0.25, 0.3) is 10.1 Å². The molecule has 0 saturated carbocycles. The SMILES string of the molecule is O=c1nccc[nH]1.c1ccc2sccc2c1. The summed E-state index contributed by atoms with van der Waals surface area (Å²) in [5.74, 6) is 0. The van der Waals surface area contributed by atoms with Gasteiger partial charge < -0.3 is 4.98 Å². The summed E-state index contributed by atoms with van der Waals surface area (Å²) in [7, 11) is 0. The highest BCUT2D eigenvalue weighted by atomic mass is 32.1. The van der Waals surface area contributed by atoms with E-state index >= 15 is 0 Å². The molecule has 0 atom stereocenters. The van der Waals surface area contributed by atoms with Crippen LogP contribution in [0.5, 0.6) is 0 Å². The van der Waals surface area contributed by atoms with Crippen LogP contribution < -0.4 is 5.69 Å². The first kappa shape index (κ1) is 10.6. The number of H-pyrrole nitrogens is 1. The van der Waals surface area contributed by atoms with E-state index in [1.807, 2.05) is 0 Å². The van der Waals surface area contributed by atoms with Crippen molar-refractivity contribution in [2.75, 3.05) is 0 Å². The van der Waals surface area contributed by atoms with E-state index in [9.17, 15) is 4.79 Å². The van der Waals surface area contributed by atoms with Crippen molar-refractivity contribution in [3.63, 3.8) is 0 Å². The second-order valence-electron chi connectivity index (χ2n) is 3.05. The summed E-state index contributed by atoms with van der Waals surface area (Å²) in [5, 5.41) is 3.47. The predicted octanol–water partition coefficient (Wildman–Crippen LogP) is 2.67. The van der Waals surface area contributed by atoms with Gasteiger partial charge in [-0.05, 0) is 29.0 Å². The van der Waals surface area contributed by atoms with Crippen molar-refractivity contribution in [1.82, 2.24) is 9.97 Å². The van der Waals surface area contributed by atoms with E-state index in [1.165, 1.54) is 22.5 Å². The number of hydrogen-bond donors (Lipinski definition) is 1. The summed E-state index contributed by atoms with van der Waals surface area (Å²) >= 11 is 1.79. The van der Waals surface area contributed by atoms with Crippen LogP contribution in [-0.2, 0) is 0 Å². The van der Waals surface area contributed by atoms with Crippen LogP contribution in [0.3, 0.4) is 0 Å². The molecule has 80 valence electrons. The second kappa shape index (κ2) is 5.23. The summed E-state index contributed by atoms with van der Waals surface area (Å²) in [5.41, 5.74) is -0.303. The molecule has 0 radical (unpaired) electrons. The molecular weight excluding hydrogens is 220 g/mol. The van der Waals surface area contributed by atoms with Gasteiger partial charge in [-0.3, -0.25) is 0 Å². The molecule has 16 heavy (non-hydrogen) atoms. The van der Waals surface area contributed by atoms with Crippen molar-refractivity contribution in [3.05, 3.63) is 64.7 Å². The largest absolute Gasteiger partial charge is 0.344 e. The number of benzene rings is 1. The molecule has 0 aliphatic heterocycles. The lowest BCUT2D eigenvalue weighted by Crippen LogP contribution is -2.05. The Kier molecular flexibility index (Phi) is 3.46. The first-order valence-electron chi connectivity index (χ1n) is 4.78. The number of aromatic nitrogens is 2. The molecule has 0 bridgehead atoms. The van der Waals surface area contributed by atoms with Crippen molar-refractivity contribution in [1.29, 1.82) is 0 Å². The molecule has 2 aromatic heterocycles. The minimum absolute atomic E-state index is 0.303. The fraction of sp³-hybridized carbons (Fsp3) is 0. The van der Waals surface area contributed by atoms with E-state index in [1.54, 1.807) is 17.4 Å². The Morgan fingerprint density at radius 3 is 2.62 bits per heavy atom. The van der Waals surface area contributed by atoms with Crippen molar-refractivity contribution in [2.45, 2.75) is 0 Å². The molecule has 0 fully saturated rings. The van der Waals surface area contributed by atoms with Crippen LogP contribution in [0.15, 0.2) is 59.0 Å². The topological polar surface area (TPSA) is 45.8 Å². The standard InChI is InChI=1S/C8H6S.C4H4N2O/c1-2-4-8-7(3-1)5-6-9-8;7-4-5-2-1-3-6-4/h1-6H;1-3H,(H,5,6,7). The molecular formula is C12H10N2OS. The summed E-state index contributed by atoms with van der Waals surface area (Å²) in [6.45, 7) is 0.